The van der Waals surface area contributed by atoms with E-state index in [0.29, 0.717) is 17.1 Å². The molecule has 6 heteroatoms. The fourth-order valence-corrected chi connectivity index (χ4v) is 2.15. The Bertz CT molecular complexity index is 504. The van der Waals surface area contributed by atoms with Gasteiger partial charge in [-0.2, -0.15) is 0 Å². The largest absolute Gasteiger partial charge is 0.398 e. The number of carbonyl (C=O) groups excluding carboxylic acids is 1. The molecule has 0 aliphatic carbocycles. The predicted molar refractivity (Wildman–Crippen MR) is 66.7 cm³/mol. The molecule has 2 aromatic heterocycles. The number of thiophene rings is 1. The van der Waals surface area contributed by atoms with Gasteiger partial charge in [0, 0.05) is 16.8 Å². The number of rotatable bonds is 3. The first-order chi connectivity index (χ1) is 8.16. The number of aromatic nitrogens is 2. The molecule has 0 unspecified atom stereocenters. The molecule has 0 bridgehead atoms. The van der Waals surface area contributed by atoms with E-state index in [1.807, 2.05) is 6.92 Å². The maximum absolute atomic E-state index is 11.8. The lowest BCUT2D eigenvalue weighted by Gasteiger charge is -2.01. The van der Waals surface area contributed by atoms with Crippen LogP contribution >= 0.6 is 11.3 Å². The number of nitrogens with two attached hydrogens (primary N) is 1. The van der Waals surface area contributed by atoms with E-state index in [1.165, 1.54) is 17.7 Å². The van der Waals surface area contributed by atoms with Crippen molar-refractivity contribution >= 4 is 22.9 Å². The Morgan fingerprint density at radius 2 is 2.41 bits per heavy atom. The second-order valence-electron chi connectivity index (χ2n) is 3.51. The van der Waals surface area contributed by atoms with Crippen LogP contribution < -0.4 is 11.1 Å². The van der Waals surface area contributed by atoms with E-state index >= 15 is 0 Å². The van der Waals surface area contributed by atoms with Gasteiger partial charge in [0.25, 0.3) is 5.91 Å². The number of hydrogen-bond donors (Lipinski definition) is 2. The van der Waals surface area contributed by atoms with Gasteiger partial charge in [0.1, 0.15) is 6.33 Å². The SMILES string of the molecule is Cc1sc(C(=O)NCc2ccncn2)cc1N. The summed E-state index contributed by atoms with van der Waals surface area (Å²) in [7, 11) is 0. The van der Waals surface area contributed by atoms with Crippen molar-refractivity contribution in [1.82, 2.24) is 15.3 Å². The molecule has 0 radical (unpaired) electrons. The van der Waals surface area contributed by atoms with Crippen molar-refractivity contribution in [3.8, 4) is 0 Å². The lowest BCUT2D eigenvalue weighted by molar-refractivity contribution is 0.0954. The van der Waals surface area contributed by atoms with E-state index in [9.17, 15) is 4.79 Å². The smallest absolute Gasteiger partial charge is 0.261 e. The van der Waals surface area contributed by atoms with Gasteiger partial charge in [-0.05, 0) is 19.1 Å². The van der Waals surface area contributed by atoms with Crippen LogP contribution in [0, 0.1) is 6.92 Å². The van der Waals surface area contributed by atoms with Crippen LogP contribution in [0.5, 0.6) is 0 Å². The zero-order valence-corrected chi connectivity index (χ0v) is 10.1. The van der Waals surface area contributed by atoms with Gasteiger partial charge in [-0.3, -0.25) is 4.79 Å². The Morgan fingerprint density at radius 1 is 1.59 bits per heavy atom. The van der Waals surface area contributed by atoms with Crippen LogP contribution in [0.1, 0.15) is 20.2 Å². The lowest BCUT2D eigenvalue weighted by atomic mass is 10.3. The normalized spacial score (nSPS) is 10.2. The van der Waals surface area contributed by atoms with Crippen molar-refractivity contribution in [1.29, 1.82) is 0 Å². The monoisotopic (exact) mass is 248 g/mol. The highest BCUT2D eigenvalue weighted by Crippen LogP contribution is 2.23. The molecule has 0 saturated heterocycles. The molecule has 0 aliphatic heterocycles. The number of nitrogens with one attached hydrogen (secondary N) is 1. The number of amides is 1. The molecule has 0 aliphatic rings. The molecular formula is C11H12N4OS. The van der Waals surface area contributed by atoms with Crippen LogP contribution in [-0.2, 0) is 6.54 Å². The summed E-state index contributed by atoms with van der Waals surface area (Å²) in [6.07, 6.45) is 3.09. The maximum Gasteiger partial charge on any atom is 0.261 e. The molecule has 2 aromatic rings. The molecule has 0 saturated carbocycles. The molecule has 2 rings (SSSR count). The summed E-state index contributed by atoms with van der Waals surface area (Å²) < 4.78 is 0. The predicted octanol–water partition coefficient (Wildman–Crippen LogP) is 1.36. The number of anilines is 1. The third kappa shape index (κ3) is 2.79. The minimum absolute atomic E-state index is 0.131. The van der Waals surface area contributed by atoms with Gasteiger partial charge in [-0.25, -0.2) is 9.97 Å². The summed E-state index contributed by atoms with van der Waals surface area (Å²) in [6, 6.07) is 3.45. The van der Waals surface area contributed by atoms with Gasteiger partial charge in [-0.15, -0.1) is 11.3 Å². The van der Waals surface area contributed by atoms with Gasteiger partial charge >= 0.3 is 0 Å². The Labute approximate surface area is 103 Å². The fourth-order valence-electron chi connectivity index (χ4n) is 1.29. The van der Waals surface area contributed by atoms with Gasteiger partial charge < -0.3 is 11.1 Å². The molecule has 88 valence electrons. The molecule has 0 fully saturated rings. The second kappa shape index (κ2) is 4.92. The molecule has 2 heterocycles. The fraction of sp³-hybridized carbons (Fsp3) is 0.182. The van der Waals surface area contributed by atoms with Crippen molar-refractivity contribution in [3.05, 3.63) is 40.1 Å². The van der Waals surface area contributed by atoms with E-state index < -0.39 is 0 Å². The van der Waals surface area contributed by atoms with Crippen LogP contribution in [0.4, 0.5) is 5.69 Å². The number of nitrogens with zero attached hydrogens (tertiary/aromatic N) is 2. The van der Waals surface area contributed by atoms with Gasteiger partial charge in [0.05, 0.1) is 17.1 Å². The third-order valence-corrected chi connectivity index (χ3v) is 3.32. The lowest BCUT2D eigenvalue weighted by Crippen LogP contribution is -2.22. The van der Waals surface area contributed by atoms with E-state index in [2.05, 4.69) is 15.3 Å². The Hall–Kier alpha value is -1.95. The van der Waals surface area contributed by atoms with Crippen molar-refractivity contribution in [2.75, 3.05) is 5.73 Å². The minimum atomic E-state index is -0.131. The highest BCUT2D eigenvalue weighted by Gasteiger charge is 2.10. The number of aryl methyl sites for hydroxylation is 1. The van der Waals surface area contributed by atoms with Gasteiger partial charge in [-0.1, -0.05) is 0 Å². The second-order valence-corrected chi connectivity index (χ2v) is 4.76. The van der Waals surface area contributed by atoms with Crippen molar-refractivity contribution in [2.45, 2.75) is 13.5 Å². The number of carbonyl (C=O) groups is 1. The minimum Gasteiger partial charge on any atom is -0.398 e. The summed E-state index contributed by atoms with van der Waals surface area (Å²) in [5.74, 6) is -0.131. The Kier molecular flexibility index (Phi) is 3.34. The molecule has 17 heavy (non-hydrogen) atoms. The quantitative estimate of drug-likeness (QED) is 0.859. The standard InChI is InChI=1S/C11H12N4OS/c1-7-9(12)4-10(17-7)11(16)14-5-8-2-3-13-6-15-8/h2-4,6H,5,12H2,1H3,(H,14,16). The van der Waals surface area contributed by atoms with E-state index in [1.54, 1.807) is 18.3 Å². The highest BCUT2D eigenvalue weighted by molar-refractivity contribution is 7.14. The van der Waals surface area contributed by atoms with Crippen molar-refractivity contribution in [2.24, 2.45) is 0 Å². The molecule has 3 N–H and O–H groups in total. The molecule has 0 atom stereocenters. The zero-order valence-electron chi connectivity index (χ0n) is 9.30. The number of hydrogen-bond acceptors (Lipinski definition) is 5. The first-order valence-corrected chi connectivity index (χ1v) is 5.87. The first-order valence-electron chi connectivity index (χ1n) is 5.06. The maximum atomic E-state index is 11.8. The molecule has 0 spiro atoms. The molecule has 5 nitrogen and oxygen atoms in total. The van der Waals surface area contributed by atoms with Crippen LogP contribution in [-0.4, -0.2) is 15.9 Å². The van der Waals surface area contributed by atoms with Gasteiger partial charge in [0.2, 0.25) is 0 Å². The van der Waals surface area contributed by atoms with Crippen LogP contribution in [0.2, 0.25) is 0 Å². The van der Waals surface area contributed by atoms with Crippen LogP contribution in [0.15, 0.2) is 24.7 Å². The average Bonchev–Trinajstić information content (AvgIpc) is 2.68. The van der Waals surface area contributed by atoms with Crippen LogP contribution in [0.25, 0.3) is 0 Å². The zero-order chi connectivity index (χ0) is 12.3. The van der Waals surface area contributed by atoms with Crippen molar-refractivity contribution in [3.63, 3.8) is 0 Å². The summed E-state index contributed by atoms with van der Waals surface area (Å²) >= 11 is 1.39. The highest BCUT2D eigenvalue weighted by atomic mass is 32.1. The van der Waals surface area contributed by atoms with E-state index in [-0.39, 0.29) is 5.91 Å². The summed E-state index contributed by atoms with van der Waals surface area (Å²) in [5, 5.41) is 2.78. The van der Waals surface area contributed by atoms with E-state index in [4.69, 9.17) is 5.73 Å². The number of nitrogen functional groups attached to an aromatic ring is 1. The molecular weight excluding hydrogens is 236 g/mol. The summed E-state index contributed by atoms with van der Waals surface area (Å²) in [6.45, 7) is 2.28. The Balaban J connectivity index is 1.98. The van der Waals surface area contributed by atoms with Crippen LogP contribution in [0.3, 0.4) is 0 Å². The Morgan fingerprint density at radius 3 is 3.00 bits per heavy atom. The van der Waals surface area contributed by atoms with Crippen molar-refractivity contribution < 1.29 is 4.79 Å². The van der Waals surface area contributed by atoms with Gasteiger partial charge in [0.15, 0.2) is 0 Å². The first kappa shape index (κ1) is 11.5. The topological polar surface area (TPSA) is 80.9 Å². The third-order valence-electron chi connectivity index (χ3n) is 2.25. The molecule has 0 aromatic carbocycles. The van der Waals surface area contributed by atoms with E-state index in [0.717, 1.165) is 10.6 Å². The summed E-state index contributed by atoms with van der Waals surface area (Å²) in [4.78, 5) is 21.2. The average molecular weight is 248 g/mol. The molecule has 1 amide bonds. The summed E-state index contributed by atoms with van der Waals surface area (Å²) in [5.41, 5.74) is 7.12.